The van der Waals surface area contributed by atoms with Crippen molar-refractivity contribution >= 4 is 23.4 Å². The lowest BCUT2D eigenvalue weighted by Gasteiger charge is -2.39. The van der Waals surface area contributed by atoms with Gasteiger partial charge in [0.2, 0.25) is 0 Å². The van der Waals surface area contributed by atoms with Crippen molar-refractivity contribution in [3.63, 3.8) is 0 Å². The van der Waals surface area contributed by atoms with E-state index in [9.17, 15) is 14.3 Å². The normalized spacial score (nSPS) is 27.8. The van der Waals surface area contributed by atoms with Gasteiger partial charge in [0, 0.05) is 10.9 Å². The first-order valence-corrected chi connectivity index (χ1v) is 6.98. The molecule has 0 spiro atoms. The van der Waals surface area contributed by atoms with Crippen molar-refractivity contribution in [1.82, 2.24) is 0 Å². The molecule has 2 N–H and O–H groups in total. The van der Waals surface area contributed by atoms with E-state index in [4.69, 9.17) is 0 Å². The Bertz CT molecular complexity index is 437. The Morgan fingerprint density at radius 3 is 2.72 bits per heavy atom. The Morgan fingerprint density at radius 1 is 1.50 bits per heavy atom. The molecule has 18 heavy (non-hydrogen) atoms. The third-order valence-corrected chi connectivity index (χ3v) is 4.80. The molecule has 5 heteroatoms. The van der Waals surface area contributed by atoms with Crippen LogP contribution in [0.25, 0.3) is 0 Å². The average molecular weight is 269 g/mol. The number of rotatable bonds is 3. The van der Waals surface area contributed by atoms with Crippen LogP contribution in [0.2, 0.25) is 0 Å². The Hall–Kier alpha value is -1.23. The molecule has 1 aliphatic heterocycles. The SMILES string of the molecule is CC1SCCCC1(Nc1ccc(F)cc1)C(=O)O. The van der Waals surface area contributed by atoms with Crippen LogP contribution in [0.3, 0.4) is 0 Å². The highest BCUT2D eigenvalue weighted by Crippen LogP contribution is 2.37. The maximum atomic E-state index is 12.8. The van der Waals surface area contributed by atoms with Gasteiger partial charge in [-0.2, -0.15) is 11.8 Å². The summed E-state index contributed by atoms with van der Waals surface area (Å²) in [5, 5.41) is 12.6. The maximum Gasteiger partial charge on any atom is 0.330 e. The van der Waals surface area contributed by atoms with Gasteiger partial charge in [0.15, 0.2) is 0 Å². The van der Waals surface area contributed by atoms with E-state index in [1.54, 1.807) is 23.9 Å². The number of hydrogen-bond acceptors (Lipinski definition) is 3. The zero-order valence-corrected chi connectivity index (χ0v) is 11.0. The number of aliphatic carboxylic acids is 1. The minimum Gasteiger partial charge on any atom is -0.479 e. The van der Waals surface area contributed by atoms with Crippen LogP contribution in [0.4, 0.5) is 10.1 Å². The first-order chi connectivity index (χ1) is 8.54. The third-order valence-electron chi connectivity index (χ3n) is 3.37. The molecule has 0 aromatic heterocycles. The van der Waals surface area contributed by atoms with Gasteiger partial charge < -0.3 is 10.4 Å². The van der Waals surface area contributed by atoms with E-state index in [1.807, 2.05) is 6.92 Å². The lowest BCUT2D eigenvalue weighted by atomic mass is 9.89. The van der Waals surface area contributed by atoms with Gasteiger partial charge in [-0.25, -0.2) is 9.18 Å². The molecule has 0 bridgehead atoms. The lowest BCUT2D eigenvalue weighted by molar-refractivity contribution is -0.142. The van der Waals surface area contributed by atoms with E-state index in [-0.39, 0.29) is 11.1 Å². The zero-order chi connectivity index (χ0) is 13.2. The van der Waals surface area contributed by atoms with E-state index < -0.39 is 11.5 Å². The molecule has 2 atom stereocenters. The molecule has 1 heterocycles. The lowest BCUT2D eigenvalue weighted by Crippen LogP contribution is -2.55. The highest BCUT2D eigenvalue weighted by atomic mass is 32.2. The molecule has 0 saturated carbocycles. The summed E-state index contributed by atoms with van der Waals surface area (Å²) < 4.78 is 12.8. The van der Waals surface area contributed by atoms with Gasteiger partial charge in [-0.1, -0.05) is 6.92 Å². The fraction of sp³-hybridized carbons (Fsp3) is 0.462. The summed E-state index contributed by atoms with van der Waals surface area (Å²) >= 11 is 1.66. The molecule has 0 aliphatic carbocycles. The summed E-state index contributed by atoms with van der Waals surface area (Å²) in [5.41, 5.74) is -0.311. The Balaban J connectivity index is 2.25. The number of halogens is 1. The van der Waals surface area contributed by atoms with Crippen LogP contribution in [0, 0.1) is 5.82 Å². The molecule has 1 aromatic rings. The smallest absolute Gasteiger partial charge is 0.330 e. The fourth-order valence-corrected chi connectivity index (χ4v) is 3.47. The number of benzene rings is 1. The summed E-state index contributed by atoms with van der Waals surface area (Å²) in [6.45, 7) is 1.93. The van der Waals surface area contributed by atoms with Crippen LogP contribution in [0.15, 0.2) is 24.3 Å². The second kappa shape index (κ2) is 5.18. The van der Waals surface area contributed by atoms with E-state index >= 15 is 0 Å². The molecule has 1 aromatic carbocycles. The van der Waals surface area contributed by atoms with Gasteiger partial charge in [-0.05, 0) is 42.9 Å². The predicted molar refractivity (Wildman–Crippen MR) is 71.5 cm³/mol. The predicted octanol–water partition coefficient (Wildman–Crippen LogP) is 2.98. The van der Waals surface area contributed by atoms with Crippen molar-refractivity contribution in [2.75, 3.05) is 11.1 Å². The molecule has 2 rings (SSSR count). The van der Waals surface area contributed by atoms with Crippen molar-refractivity contribution < 1.29 is 14.3 Å². The molecule has 0 radical (unpaired) electrons. The number of carboxylic acid groups (broad SMARTS) is 1. The van der Waals surface area contributed by atoms with Crippen LogP contribution in [0.1, 0.15) is 19.8 Å². The maximum absolute atomic E-state index is 12.8. The molecule has 2 unspecified atom stereocenters. The number of carboxylic acids is 1. The highest BCUT2D eigenvalue weighted by Gasteiger charge is 2.45. The first-order valence-electron chi connectivity index (χ1n) is 5.93. The largest absolute Gasteiger partial charge is 0.479 e. The minimum atomic E-state index is -0.958. The Kier molecular flexibility index (Phi) is 3.80. The zero-order valence-electron chi connectivity index (χ0n) is 10.1. The van der Waals surface area contributed by atoms with Gasteiger partial charge >= 0.3 is 5.97 Å². The summed E-state index contributed by atoms with van der Waals surface area (Å²) in [6, 6.07) is 5.81. The number of carbonyl (C=O) groups is 1. The van der Waals surface area contributed by atoms with Gasteiger partial charge in [0.1, 0.15) is 11.4 Å². The van der Waals surface area contributed by atoms with E-state index in [0.717, 1.165) is 12.2 Å². The molecule has 1 aliphatic rings. The monoisotopic (exact) mass is 269 g/mol. The Morgan fingerprint density at radius 2 is 2.17 bits per heavy atom. The van der Waals surface area contributed by atoms with Crippen molar-refractivity contribution in [2.24, 2.45) is 0 Å². The molecule has 1 fully saturated rings. The molecule has 98 valence electrons. The molecular formula is C13H16FNO2S. The average Bonchev–Trinajstić information content (AvgIpc) is 2.35. The van der Waals surface area contributed by atoms with E-state index in [1.165, 1.54) is 12.1 Å². The van der Waals surface area contributed by atoms with Crippen LogP contribution in [-0.2, 0) is 4.79 Å². The van der Waals surface area contributed by atoms with Crippen molar-refractivity contribution in [2.45, 2.75) is 30.6 Å². The van der Waals surface area contributed by atoms with Crippen molar-refractivity contribution in [3.8, 4) is 0 Å². The summed E-state index contributed by atoms with van der Waals surface area (Å²) in [7, 11) is 0. The molecule has 3 nitrogen and oxygen atoms in total. The quantitative estimate of drug-likeness (QED) is 0.885. The van der Waals surface area contributed by atoms with Gasteiger partial charge in [0.05, 0.1) is 0 Å². The van der Waals surface area contributed by atoms with E-state index in [0.29, 0.717) is 12.1 Å². The van der Waals surface area contributed by atoms with Gasteiger partial charge in [-0.15, -0.1) is 0 Å². The summed E-state index contributed by atoms with van der Waals surface area (Å²) in [6.07, 6.45) is 1.46. The van der Waals surface area contributed by atoms with Crippen LogP contribution < -0.4 is 5.32 Å². The Labute approximate surface area is 110 Å². The third kappa shape index (κ3) is 2.46. The van der Waals surface area contributed by atoms with Crippen molar-refractivity contribution in [1.29, 1.82) is 0 Å². The van der Waals surface area contributed by atoms with Crippen LogP contribution in [0.5, 0.6) is 0 Å². The van der Waals surface area contributed by atoms with Gasteiger partial charge in [0.25, 0.3) is 0 Å². The number of hydrogen-bond donors (Lipinski definition) is 2. The standard InChI is InChI=1S/C13H16FNO2S/c1-9-13(12(16)17,7-2-8-18-9)15-11-5-3-10(14)4-6-11/h3-6,9,15H,2,7-8H2,1H3,(H,16,17). The second-order valence-corrected chi connectivity index (χ2v) is 5.97. The molecule has 0 amide bonds. The van der Waals surface area contributed by atoms with E-state index in [2.05, 4.69) is 5.32 Å². The minimum absolute atomic E-state index is 0.0196. The highest BCUT2D eigenvalue weighted by molar-refractivity contribution is 8.00. The summed E-state index contributed by atoms with van der Waals surface area (Å²) in [4.78, 5) is 11.6. The number of nitrogens with one attached hydrogen (secondary N) is 1. The second-order valence-electron chi connectivity index (χ2n) is 4.52. The number of thioether (sulfide) groups is 1. The molecular weight excluding hydrogens is 253 g/mol. The molecule has 1 saturated heterocycles. The topological polar surface area (TPSA) is 49.3 Å². The van der Waals surface area contributed by atoms with Crippen molar-refractivity contribution in [3.05, 3.63) is 30.1 Å². The first kappa shape index (κ1) is 13.2. The van der Waals surface area contributed by atoms with Crippen LogP contribution in [-0.4, -0.2) is 27.6 Å². The van der Waals surface area contributed by atoms with Gasteiger partial charge in [-0.3, -0.25) is 0 Å². The van der Waals surface area contributed by atoms with Crippen LogP contribution >= 0.6 is 11.8 Å². The number of anilines is 1. The summed E-state index contributed by atoms with van der Waals surface area (Å²) in [5.74, 6) is -0.177. The fourth-order valence-electron chi connectivity index (χ4n) is 2.25.